The van der Waals surface area contributed by atoms with Crippen LogP contribution in [0.15, 0.2) is 53.6 Å². The predicted molar refractivity (Wildman–Crippen MR) is 134 cm³/mol. The highest BCUT2D eigenvalue weighted by Crippen LogP contribution is 2.34. The van der Waals surface area contributed by atoms with Crippen LogP contribution in [0.5, 0.6) is 11.5 Å². The summed E-state index contributed by atoms with van der Waals surface area (Å²) in [5, 5.41) is 12.3. The van der Waals surface area contributed by atoms with Gasteiger partial charge in [0.15, 0.2) is 17.3 Å². The van der Waals surface area contributed by atoms with Gasteiger partial charge in [-0.1, -0.05) is 23.9 Å². The maximum atomic E-state index is 12.3. The van der Waals surface area contributed by atoms with E-state index in [0.29, 0.717) is 17.2 Å². The molecule has 9 heteroatoms. The summed E-state index contributed by atoms with van der Waals surface area (Å²) in [6, 6.07) is 15.9. The van der Waals surface area contributed by atoms with Gasteiger partial charge in [0, 0.05) is 43.6 Å². The number of amides is 1. The van der Waals surface area contributed by atoms with Crippen LogP contribution in [0.2, 0.25) is 0 Å². The Labute approximate surface area is 203 Å². The van der Waals surface area contributed by atoms with E-state index in [4.69, 9.17) is 9.47 Å². The number of rotatable bonds is 6. The molecule has 2 aliphatic rings. The maximum Gasteiger partial charge on any atom is 0.234 e. The summed E-state index contributed by atoms with van der Waals surface area (Å²) in [6.45, 7) is 8.19. The van der Waals surface area contributed by atoms with Gasteiger partial charge in [-0.25, -0.2) is 0 Å². The summed E-state index contributed by atoms with van der Waals surface area (Å²) in [7, 11) is 0. The molecule has 0 atom stereocenters. The van der Waals surface area contributed by atoms with Gasteiger partial charge < -0.3 is 24.6 Å². The fraction of sp³-hybridized carbons (Fsp3) is 0.320. The Kier molecular flexibility index (Phi) is 6.44. The first-order valence-electron chi connectivity index (χ1n) is 11.3. The molecule has 3 heterocycles. The van der Waals surface area contributed by atoms with Crippen LogP contribution in [0.4, 0.5) is 17.2 Å². The lowest BCUT2D eigenvalue weighted by molar-refractivity contribution is -0.113. The molecule has 5 rings (SSSR count). The molecule has 0 unspecified atom stereocenters. The van der Waals surface area contributed by atoms with Gasteiger partial charge in [-0.2, -0.15) is 0 Å². The predicted octanol–water partition coefficient (Wildman–Crippen LogP) is 3.88. The van der Waals surface area contributed by atoms with Crippen molar-refractivity contribution in [3.63, 3.8) is 0 Å². The van der Waals surface area contributed by atoms with Crippen LogP contribution >= 0.6 is 11.8 Å². The number of nitrogens with one attached hydrogen (secondary N) is 1. The van der Waals surface area contributed by atoms with Gasteiger partial charge in [0.2, 0.25) is 12.7 Å². The topological polar surface area (TPSA) is 79.8 Å². The third-order valence-electron chi connectivity index (χ3n) is 5.94. The average molecular weight is 478 g/mol. The van der Waals surface area contributed by atoms with E-state index in [0.717, 1.165) is 37.0 Å². The highest BCUT2D eigenvalue weighted by atomic mass is 32.2. The lowest BCUT2D eigenvalue weighted by Crippen LogP contribution is -2.47. The summed E-state index contributed by atoms with van der Waals surface area (Å²) in [5.74, 6) is 2.33. The van der Waals surface area contributed by atoms with Crippen LogP contribution in [0.1, 0.15) is 11.1 Å². The highest BCUT2D eigenvalue weighted by Gasteiger charge is 2.20. The summed E-state index contributed by atoms with van der Waals surface area (Å²) >= 11 is 1.36. The Morgan fingerprint density at radius 3 is 2.53 bits per heavy atom. The molecule has 1 aromatic heterocycles. The molecule has 1 saturated heterocycles. The van der Waals surface area contributed by atoms with Crippen molar-refractivity contribution in [2.45, 2.75) is 18.9 Å². The molecule has 176 valence electrons. The molecule has 2 aliphatic heterocycles. The third kappa shape index (κ3) is 5.04. The minimum absolute atomic E-state index is 0.114. The zero-order valence-electron chi connectivity index (χ0n) is 19.3. The van der Waals surface area contributed by atoms with E-state index in [2.05, 4.69) is 57.4 Å². The summed E-state index contributed by atoms with van der Waals surface area (Å²) in [6.07, 6.45) is 0. The van der Waals surface area contributed by atoms with Crippen molar-refractivity contribution >= 4 is 34.9 Å². The molecule has 0 saturated carbocycles. The first-order chi connectivity index (χ1) is 16.5. The second-order valence-corrected chi connectivity index (χ2v) is 9.39. The normalized spacial score (nSPS) is 14.9. The first-order valence-corrected chi connectivity index (χ1v) is 12.3. The lowest BCUT2D eigenvalue weighted by Gasteiger charge is -2.37. The Bertz CT molecular complexity index is 1180. The highest BCUT2D eigenvalue weighted by molar-refractivity contribution is 7.99. The third-order valence-corrected chi connectivity index (χ3v) is 6.86. The molecule has 2 aromatic carbocycles. The van der Waals surface area contributed by atoms with Crippen LogP contribution in [-0.4, -0.2) is 54.8 Å². The minimum atomic E-state index is -0.114. The second-order valence-electron chi connectivity index (χ2n) is 8.40. The van der Waals surface area contributed by atoms with Gasteiger partial charge >= 0.3 is 0 Å². The first kappa shape index (κ1) is 22.3. The number of ether oxygens (including phenoxy) is 2. The van der Waals surface area contributed by atoms with E-state index < -0.39 is 0 Å². The van der Waals surface area contributed by atoms with Crippen molar-refractivity contribution < 1.29 is 14.3 Å². The number of hydrogen-bond donors (Lipinski definition) is 1. The Morgan fingerprint density at radius 2 is 1.74 bits per heavy atom. The fourth-order valence-corrected chi connectivity index (χ4v) is 4.72. The number of carbonyl (C=O) groups excluding carboxylic acids is 1. The number of piperazine rings is 1. The zero-order valence-corrected chi connectivity index (χ0v) is 20.1. The van der Waals surface area contributed by atoms with Crippen molar-refractivity contribution in [3.8, 4) is 11.5 Å². The van der Waals surface area contributed by atoms with Crippen molar-refractivity contribution in [3.05, 3.63) is 59.7 Å². The van der Waals surface area contributed by atoms with E-state index in [1.807, 2.05) is 12.1 Å². The van der Waals surface area contributed by atoms with E-state index in [-0.39, 0.29) is 18.5 Å². The van der Waals surface area contributed by atoms with E-state index in [1.54, 1.807) is 18.2 Å². The molecule has 3 aromatic rings. The number of aromatic nitrogens is 2. The van der Waals surface area contributed by atoms with Crippen molar-refractivity contribution in [2.24, 2.45) is 0 Å². The zero-order chi connectivity index (χ0) is 23.5. The molecular weight excluding hydrogens is 450 g/mol. The van der Waals surface area contributed by atoms with Crippen molar-refractivity contribution in [1.82, 2.24) is 10.2 Å². The number of benzene rings is 2. The number of carbonyl (C=O) groups is 1. The number of aryl methyl sites for hydroxylation is 2. The molecule has 34 heavy (non-hydrogen) atoms. The maximum absolute atomic E-state index is 12.3. The van der Waals surface area contributed by atoms with E-state index in [9.17, 15) is 4.79 Å². The summed E-state index contributed by atoms with van der Waals surface area (Å²) in [5.41, 5.74) is 4.59. The van der Waals surface area contributed by atoms with Gasteiger partial charge in [-0.15, -0.1) is 10.2 Å². The minimum Gasteiger partial charge on any atom is -0.454 e. The molecule has 1 N–H and O–H groups in total. The van der Waals surface area contributed by atoms with Crippen molar-refractivity contribution in [1.29, 1.82) is 0 Å². The van der Waals surface area contributed by atoms with Crippen LogP contribution in [-0.2, 0) is 4.79 Å². The fourth-order valence-electron chi connectivity index (χ4n) is 4.11. The standard InChI is InChI=1S/C25H27N5O3S/c1-17-3-4-18(2)20(13-17)29-9-11-30(12-10-29)23-7-8-25(28-27-23)34-15-24(31)26-19-5-6-21-22(14-19)33-16-32-21/h3-8,13-14H,9-12,15-16H2,1-2H3,(H,26,31). The monoisotopic (exact) mass is 477 g/mol. The quantitative estimate of drug-likeness (QED) is 0.536. The molecule has 0 spiro atoms. The SMILES string of the molecule is Cc1ccc(C)c(N2CCN(c3ccc(SCC(=O)Nc4ccc5c(c4)OCO5)nn3)CC2)c1. The van der Waals surface area contributed by atoms with Crippen LogP contribution in [0.3, 0.4) is 0 Å². The second kappa shape index (κ2) is 9.80. The van der Waals surface area contributed by atoms with E-state index >= 15 is 0 Å². The van der Waals surface area contributed by atoms with Crippen LogP contribution < -0.4 is 24.6 Å². The number of fused-ring (bicyclic) bond motifs is 1. The number of anilines is 3. The van der Waals surface area contributed by atoms with Gasteiger partial charge in [-0.3, -0.25) is 4.79 Å². The van der Waals surface area contributed by atoms with E-state index in [1.165, 1.54) is 28.6 Å². The number of thioether (sulfide) groups is 1. The lowest BCUT2D eigenvalue weighted by atomic mass is 10.1. The van der Waals surface area contributed by atoms with Gasteiger partial charge in [0.05, 0.1) is 5.75 Å². The molecule has 1 amide bonds. The molecule has 0 radical (unpaired) electrons. The van der Waals surface area contributed by atoms with Gasteiger partial charge in [-0.05, 0) is 55.3 Å². The number of nitrogens with zero attached hydrogens (tertiary/aromatic N) is 4. The van der Waals surface area contributed by atoms with Crippen LogP contribution in [0.25, 0.3) is 0 Å². The largest absolute Gasteiger partial charge is 0.454 e. The Balaban J connectivity index is 1.11. The van der Waals surface area contributed by atoms with Crippen molar-refractivity contribution in [2.75, 3.05) is 53.8 Å². The van der Waals surface area contributed by atoms with Crippen LogP contribution in [0, 0.1) is 13.8 Å². The summed E-state index contributed by atoms with van der Waals surface area (Å²) in [4.78, 5) is 17.0. The summed E-state index contributed by atoms with van der Waals surface area (Å²) < 4.78 is 10.6. The molecule has 0 aliphatic carbocycles. The smallest absolute Gasteiger partial charge is 0.234 e. The van der Waals surface area contributed by atoms with Gasteiger partial charge in [0.1, 0.15) is 5.03 Å². The Hall–Kier alpha value is -3.46. The molecule has 1 fully saturated rings. The van der Waals surface area contributed by atoms with Gasteiger partial charge in [0.25, 0.3) is 0 Å². The Morgan fingerprint density at radius 1 is 0.941 bits per heavy atom. The molecule has 8 nitrogen and oxygen atoms in total. The molecular formula is C25H27N5O3S. The molecule has 0 bridgehead atoms. The number of hydrogen-bond acceptors (Lipinski definition) is 8. The average Bonchev–Trinajstić information content (AvgIpc) is 3.33.